The predicted octanol–water partition coefficient (Wildman–Crippen LogP) is 5.42. The predicted molar refractivity (Wildman–Crippen MR) is 141 cm³/mol. The number of carbonyl (C=O) groups is 1. The van der Waals surface area contributed by atoms with Crippen LogP contribution in [0.15, 0.2) is 65.6 Å². The molecule has 1 saturated heterocycles. The number of aliphatic carboxylic acids is 1. The van der Waals surface area contributed by atoms with Gasteiger partial charge >= 0.3 is 12.6 Å². The summed E-state index contributed by atoms with van der Waals surface area (Å²) in [6.45, 7) is -3.34. The van der Waals surface area contributed by atoms with Crippen molar-refractivity contribution in [3.8, 4) is 22.6 Å². The third kappa shape index (κ3) is 5.33. The first kappa shape index (κ1) is 27.4. The van der Waals surface area contributed by atoms with E-state index in [9.17, 15) is 31.5 Å². The minimum absolute atomic E-state index is 0.00718. The van der Waals surface area contributed by atoms with Crippen molar-refractivity contribution in [1.29, 1.82) is 0 Å². The first-order valence-electron chi connectivity index (χ1n) is 13.0. The summed E-state index contributed by atoms with van der Waals surface area (Å²) in [5.74, 6) is -1.74. The van der Waals surface area contributed by atoms with E-state index in [2.05, 4.69) is 4.74 Å². The molecule has 0 radical (unpaired) electrons. The van der Waals surface area contributed by atoms with E-state index in [1.54, 1.807) is 18.2 Å². The van der Waals surface area contributed by atoms with Gasteiger partial charge in [0.05, 0.1) is 30.3 Å². The normalized spacial score (nSPS) is 19.7. The van der Waals surface area contributed by atoms with Crippen LogP contribution in [0.2, 0.25) is 0 Å². The van der Waals surface area contributed by atoms with Crippen LogP contribution in [0, 0.1) is 11.2 Å². The lowest BCUT2D eigenvalue weighted by Crippen LogP contribution is -2.54. The van der Waals surface area contributed by atoms with Gasteiger partial charge in [-0.2, -0.15) is 8.78 Å². The summed E-state index contributed by atoms with van der Waals surface area (Å²) in [5.41, 5.74) is 0.422. The Morgan fingerprint density at radius 2 is 1.85 bits per heavy atom. The zero-order valence-electron chi connectivity index (χ0n) is 21.6. The molecule has 1 unspecified atom stereocenters. The van der Waals surface area contributed by atoms with Crippen molar-refractivity contribution in [2.24, 2.45) is 5.41 Å². The molecule has 12 heteroatoms. The number of alkyl halides is 2. The Kier molecular flexibility index (Phi) is 6.85. The molecule has 216 valence electrons. The van der Waals surface area contributed by atoms with Crippen LogP contribution < -0.4 is 13.8 Å². The second kappa shape index (κ2) is 10.3. The number of carboxylic acid groups (broad SMARTS) is 1. The number of nitrogens with zero attached hydrogens (tertiary/aromatic N) is 1. The monoisotopic (exact) mass is 589 g/mol. The molecule has 0 bridgehead atoms. The maximum absolute atomic E-state index is 14.3. The van der Waals surface area contributed by atoms with E-state index in [1.807, 2.05) is 6.07 Å². The van der Waals surface area contributed by atoms with E-state index < -0.39 is 39.9 Å². The van der Waals surface area contributed by atoms with E-state index >= 15 is 0 Å². The van der Waals surface area contributed by atoms with E-state index in [4.69, 9.17) is 9.47 Å². The topological polar surface area (TPSA) is 102 Å². The molecule has 2 heterocycles. The van der Waals surface area contributed by atoms with Crippen LogP contribution in [0.3, 0.4) is 0 Å². The number of hydrogen-bond donors (Lipinski definition) is 1. The fourth-order valence-corrected chi connectivity index (χ4v) is 6.87. The van der Waals surface area contributed by atoms with Gasteiger partial charge in [0.15, 0.2) is 0 Å². The summed E-state index contributed by atoms with van der Waals surface area (Å²) in [6, 6.07) is 14.4. The minimum atomic E-state index is -4.16. The highest BCUT2D eigenvalue weighted by atomic mass is 32.2. The van der Waals surface area contributed by atoms with Crippen LogP contribution in [-0.2, 0) is 19.6 Å². The molecule has 2 fully saturated rings. The smallest absolute Gasteiger partial charge is 0.387 e. The number of fused-ring (bicyclic) bond motifs is 1. The van der Waals surface area contributed by atoms with Gasteiger partial charge in [-0.25, -0.2) is 12.8 Å². The first-order chi connectivity index (χ1) is 19.5. The van der Waals surface area contributed by atoms with E-state index in [0.29, 0.717) is 11.5 Å². The van der Waals surface area contributed by atoms with Gasteiger partial charge in [-0.05, 0) is 71.8 Å². The second-order valence-electron chi connectivity index (χ2n) is 10.6. The molecule has 8 nitrogen and oxygen atoms in total. The summed E-state index contributed by atoms with van der Waals surface area (Å²) >= 11 is 0. The molecule has 0 amide bonds. The quantitative estimate of drug-likeness (QED) is 0.356. The standard InChI is InChI=1S/C29H26F3NO7S/c30-21-8-20(9-22(12-21)40-28(31)32)19-6-7-26-25(11-19)33(14-23(39-26)13-29(27(34)35)15-38-16-29)41(36,37)24-3-1-2-18(10-24)17-4-5-17/h1-3,6-12,17,23,28H,4-5,13-16H2,(H,34,35). The third-order valence-corrected chi connectivity index (χ3v) is 9.42. The highest BCUT2D eigenvalue weighted by Gasteiger charge is 2.50. The number of halogens is 3. The Hall–Kier alpha value is -3.77. The molecule has 0 spiro atoms. The summed E-state index contributed by atoms with van der Waals surface area (Å²) < 4.78 is 84.9. The number of benzene rings is 3. The number of hydrogen-bond acceptors (Lipinski definition) is 6. The summed E-state index contributed by atoms with van der Waals surface area (Å²) in [5, 5.41) is 9.81. The maximum atomic E-state index is 14.3. The van der Waals surface area contributed by atoms with Crippen LogP contribution in [-0.4, -0.2) is 52.0 Å². The molecule has 1 aliphatic carbocycles. The number of ether oxygens (including phenoxy) is 3. The number of sulfonamides is 1. The van der Waals surface area contributed by atoms with Crippen LogP contribution in [0.5, 0.6) is 11.5 Å². The van der Waals surface area contributed by atoms with Crippen molar-refractivity contribution < 1.29 is 45.7 Å². The molecule has 3 aliphatic rings. The third-order valence-electron chi connectivity index (χ3n) is 7.64. The van der Waals surface area contributed by atoms with Crippen molar-refractivity contribution in [3.05, 3.63) is 72.0 Å². The molecular weight excluding hydrogens is 563 g/mol. The van der Waals surface area contributed by atoms with Crippen molar-refractivity contribution in [2.45, 2.75) is 42.8 Å². The second-order valence-corrected chi connectivity index (χ2v) is 12.5. The fraction of sp³-hybridized carbons (Fsp3) is 0.345. The number of carboxylic acids is 1. The van der Waals surface area contributed by atoms with Crippen molar-refractivity contribution in [1.82, 2.24) is 0 Å². The highest BCUT2D eigenvalue weighted by Crippen LogP contribution is 2.45. The SMILES string of the molecule is O=C(O)C1(CC2CN(S(=O)(=O)c3cccc(C4CC4)c3)c3cc(-c4cc(F)cc(OC(F)F)c4)ccc3O2)COC1. The average molecular weight is 590 g/mol. The van der Waals surface area contributed by atoms with E-state index in [1.165, 1.54) is 28.6 Å². The molecule has 41 heavy (non-hydrogen) atoms. The molecule has 0 aromatic heterocycles. The lowest BCUT2D eigenvalue weighted by Gasteiger charge is -2.42. The van der Waals surface area contributed by atoms with E-state index in [0.717, 1.165) is 30.5 Å². The lowest BCUT2D eigenvalue weighted by molar-refractivity contribution is -0.184. The van der Waals surface area contributed by atoms with Gasteiger partial charge in [-0.1, -0.05) is 18.2 Å². The molecule has 3 aromatic rings. The molecule has 6 rings (SSSR count). The highest BCUT2D eigenvalue weighted by molar-refractivity contribution is 7.92. The largest absolute Gasteiger partial charge is 0.486 e. The first-order valence-corrected chi connectivity index (χ1v) is 14.5. The van der Waals surface area contributed by atoms with Gasteiger partial charge in [0, 0.05) is 12.5 Å². The number of anilines is 1. The molecule has 3 aromatic carbocycles. The van der Waals surface area contributed by atoms with E-state index in [-0.39, 0.29) is 53.8 Å². The van der Waals surface area contributed by atoms with Crippen LogP contribution in [0.4, 0.5) is 18.9 Å². The zero-order valence-corrected chi connectivity index (χ0v) is 22.5. The van der Waals surface area contributed by atoms with Gasteiger partial charge in [0.1, 0.15) is 28.8 Å². The number of rotatable bonds is 9. The minimum Gasteiger partial charge on any atom is -0.486 e. The van der Waals surface area contributed by atoms with Gasteiger partial charge in [-0.15, -0.1) is 0 Å². The molecule has 1 N–H and O–H groups in total. The molecule has 1 saturated carbocycles. The Labute approximate surface area is 234 Å². The van der Waals surface area contributed by atoms with Gasteiger partial charge in [-0.3, -0.25) is 9.10 Å². The molecule has 2 aliphatic heterocycles. The van der Waals surface area contributed by atoms with Crippen LogP contribution in [0.1, 0.15) is 30.7 Å². The van der Waals surface area contributed by atoms with Crippen LogP contribution in [0.25, 0.3) is 11.1 Å². The molecular formula is C29H26F3NO7S. The van der Waals surface area contributed by atoms with Crippen molar-refractivity contribution in [3.63, 3.8) is 0 Å². The Balaban J connectivity index is 1.41. The van der Waals surface area contributed by atoms with Gasteiger partial charge < -0.3 is 19.3 Å². The Bertz CT molecular complexity index is 1610. The fourth-order valence-electron chi connectivity index (χ4n) is 5.31. The summed E-state index contributed by atoms with van der Waals surface area (Å²) in [7, 11) is -4.16. The lowest BCUT2D eigenvalue weighted by atomic mass is 9.80. The summed E-state index contributed by atoms with van der Waals surface area (Å²) in [6.07, 6.45) is 1.20. The summed E-state index contributed by atoms with van der Waals surface area (Å²) in [4.78, 5) is 12.1. The van der Waals surface area contributed by atoms with Crippen molar-refractivity contribution >= 4 is 21.7 Å². The Morgan fingerprint density at radius 3 is 2.51 bits per heavy atom. The Morgan fingerprint density at radius 1 is 1.07 bits per heavy atom. The average Bonchev–Trinajstić information content (AvgIpc) is 3.75. The van der Waals surface area contributed by atoms with Gasteiger partial charge in [0.2, 0.25) is 0 Å². The maximum Gasteiger partial charge on any atom is 0.387 e. The van der Waals surface area contributed by atoms with Crippen LogP contribution >= 0.6 is 0 Å². The zero-order chi connectivity index (χ0) is 28.9. The molecule has 1 atom stereocenters. The van der Waals surface area contributed by atoms with Crippen molar-refractivity contribution in [2.75, 3.05) is 24.1 Å². The van der Waals surface area contributed by atoms with Gasteiger partial charge in [0.25, 0.3) is 10.0 Å².